The Morgan fingerprint density at radius 1 is 0.333 bits per heavy atom. The van der Waals surface area contributed by atoms with Crippen molar-refractivity contribution in [2.75, 3.05) is 126 Å². The Balaban J connectivity index is 3.05. The highest BCUT2D eigenvalue weighted by molar-refractivity contribution is 5.69. The molecule has 0 spiro atoms. The van der Waals surface area contributed by atoms with Crippen LogP contribution in [0, 0.1) is 0 Å². The highest BCUT2D eigenvalue weighted by Gasteiger charge is 2.01. The summed E-state index contributed by atoms with van der Waals surface area (Å²) in [6.07, 6.45) is 15.1. The Bertz CT molecular complexity index is 554. The Morgan fingerprint density at radius 3 is 0.911 bits per heavy atom. The van der Waals surface area contributed by atoms with E-state index in [0.717, 1.165) is 13.0 Å². The predicted octanol–water partition coefficient (Wildman–Crippen LogP) is 5.40. The molecular weight excluding hydrogens is 584 g/mol. The molecule has 0 aliphatic rings. The Hall–Kier alpha value is -0.890. The van der Waals surface area contributed by atoms with E-state index in [0.29, 0.717) is 119 Å². The molecule has 0 aliphatic carbocycles. The fourth-order valence-electron chi connectivity index (χ4n) is 4.12. The van der Waals surface area contributed by atoms with Crippen LogP contribution in [0.2, 0.25) is 0 Å². The van der Waals surface area contributed by atoms with Crippen LogP contribution >= 0.6 is 0 Å². The molecule has 0 aliphatic heterocycles. The molecule has 11 nitrogen and oxygen atoms in total. The lowest BCUT2D eigenvalue weighted by molar-refractivity contribution is -0.144. The van der Waals surface area contributed by atoms with Gasteiger partial charge in [0.1, 0.15) is 0 Å². The van der Waals surface area contributed by atoms with Crippen molar-refractivity contribution in [1.29, 1.82) is 0 Å². The molecule has 0 saturated heterocycles. The lowest BCUT2D eigenvalue weighted by Gasteiger charge is -2.09. The van der Waals surface area contributed by atoms with Crippen LogP contribution in [-0.4, -0.2) is 132 Å². The van der Waals surface area contributed by atoms with E-state index < -0.39 is 0 Å². The van der Waals surface area contributed by atoms with Gasteiger partial charge in [-0.15, -0.1) is 0 Å². The van der Waals surface area contributed by atoms with Crippen molar-refractivity contribution in [3.8, 4) is 0 Å². The summed E-state index contributed by atoms with van der Waals surface area (Å²) in [6.45, 7) is 14.0. The first-order chi connectivity index (χ1) is 22.3. The van der Waals surface area contributed by atoms with Gasteiger partial charge in [-0.1, -0.05) is 71.1 Å². The zero-order valence-electron chi connectivity index (χ0n) is 28.9. The fourth-order valence-corrected chi connectivity index (χ4v) is 4.12. The summed E-state index contributed by atoms with van der Waals surface area (Å²) in [6, 6.07) is 0. The van der Waals surface area contributed by atoms with Crippen molar-refractivity contribution in [2.45, 2.75) is 90.9 Å². The molecule has 0 aromatic rings. The Labute approximate surface area is 274 Å². The van der Waals surface area contributed by atoms with Crippen LogP contribution in [0.15, 0.2) is 0 Å². The first-order valence-corrected chi connectivity index (χ1v) is 17.7. The van der Waals surface area contributed by atoms with Gasteiger partial charge in [-0.25, -0.2) is 0 Å². The summed E-state index contributed by atoms with van der Waals surface area (Å²) in [7, 11) is 0. The Kier molecular flexibility index (Phi) is 40.3. The van der Waals surface area contributed by atoms with Crippen molar-refractivity contribution in [3.63, 3.8) is 0 Å². The van der Waals surface area contributed by atoms with Gasteiger partial charge in [0.15, 0.2) is 0 Å². The van der Waals surface area contributed by atoms with Crippen molar-refractivity contribution in [2.24, 2.45) is 0 Å². The minimum Gasteiger partial charge on any atom is -0.466 e. The third-order valence-corrected chi connectivity index (χ3v) is 6.62. The number of carbonyl (C=O) groups is 1. The summed E-state index contributed by atoms with van der Waals surface area (Å²) < 4.78 is 54.1. The van der Waals surface area contributed by atoms with Crippen molar-refractivity contribution >= 4 is 5.97 Å². The van der Waals surface area contributed by atoms with Crippen LogP contribution in [0.5, 0.6) is 0 Å². The molecule has 0 amide bonds. The normalized spacial score (nSPS) is 11.4. The lowest BCUT2D eigenvalue weighted by atomic mass is 10.1. The van der Waals surface area contributed by atoms with E-state index in [1.165, 1.54) is 64.2 Å². The van der Waals surface area contributed by atoms with Gasteiger partial charge < -0.3 is 47.4 Å². The molecule has 0 heterocycles. The number of carbonyl (C=O) groups excluding carboxylic acids is 1. The molecule has 0 atom stereocenters. The SMILES string of the molecule is CCCCCCCCCCCCCOCCOCCOCCOCCOCCOCCOCCOCCOCCC(=O)OCC. The van der Waals surface area contributed by atoms with Gasteiger partial charge >= 0.3 is 5.97 Å². The molecule has 0 fully saturated rings. The Morgan fingerprint density at radius 2 is 0.600 bits per heavy atom. The second-order valence-electron chi connectivity index (χ2n) is 10.6. The number of hydrogen-bond acceptors (Lipinski definition) is 11. The number of hydrogen-bond donors (Lipinski definition) is 0. The molecule has 11 heteroatoms. The van der Waals surface area contributed by atoms with Crippen LogP contribution in [0.3, 0.4) is 0 Å². The highest BCUT2D eigenvalue weighted by atomic mass is 16.6. The summed E-state index contributed by atoms with van der Waals surface area (Å²) in [5.41, 5.74) is 0. The summed E-state index contributed by atoms with van der Waals surface area (Å²) in [5, 5.41) is 0. The molecule has 0 bridgehead atoms. The summed E-state index contributed by atoms with van der Waals surface area (Å²) in [4.78, 5) is 11.1. The minimum absolute atomic E-state index is 0.245. The van der Waals surface area contributed by atoms with E-state index in [9.17, 15) is 4.79 Å². The fraction of sp³-hybridized carbons (Fsp3) is 0.971. The van der Waals surface area contributed by atoms with Crippen LogP contribution in [-0.2, 0) is 52.2 Å². The molecule has 45 heavy (non-hydrogen) atoms. The van der Waals surface area contributed by atoms with Crippen molar-refractivity contribution in [3.05, 3.63) is 0 Å². The van der Waals surface area contributed by atoms with Gasteiger partial charge in [0.25, 0.3) is 0 Å². The van der Waals surface area contributed by atoms with Crippen LogP contribution in [0.25, 0.3) is 0 Å². The zero-order chi connectivity index (χ0) is 32.6. The first kappa shape index (κ1) is 44.1. The first-order valence-electron chi connectivity index (χ1n) is 17.7. The maximum Gasteiger partial charge on any atom is 0.308 e. The van der Waals surface area contributed by atoms with E-state index in [4.69, 9.17) is 47.4 Å². The van der Waals surface area contributed by atoms with Crippen molar-refractivity contribution < 1.29 is 52.2 Å². The zero-order valence-corrected chi connectivity index (χ0v) is 28.9. The number of unbranched alkanes of at least 4 members (excludes halogenated alkanes) is 10. The van der Waals surface area contributed by atoms with Crippen molar-refractivity contribution in [1.82, 2.24) is 0 Å². The topological polar surface area (TPSA) is 109 Å². The van der Waals surface area contributed by atoms with E-state index in [1.807, 2.05) is 0 Å². The second-order valence-corrected chi connectivity index (χ2v) is 10.6. The molecule has 0 radical (unpaired) electrons. The van der Waals surface area contributed by atoms with Crippen LogP contribution < -0.4 is 0 Å². The standard InChI is InChI=1S/C34H68O11/c1-3-5-6-7-8-9-10-11-12-13-14-16-36-18-20-38-22-24-40-26-28-42-30-32-44-33-31-43-29-27-41-25-23-39-21-19-37-17-15-34(35)45-4-2/h3-33H2,1-2H3. The van der Waals surface area contributed by atoms with Gasteiger partial charge in [0.05, 0.1) is 125 Å². The van der Waals surface area contributed by atoms with E-state index in [2.05, 4.69) is 6.92 Å². The molecule has 0 saturated carbocycles. The molecule has 0 rings (SSSR count). The molecule has 0 unspecified atom stereocenters. The monoisotopic (exact) mass is 652 g/mol. The average molecular weight is 653 g/mol. The maximum absolute atomic E-state index is 11.1. The van der Waals surface area contributed by atoms with E-state index in [-0.39, 0.29) is 12.4 Å². The smallest absolute Gasteiger partial charge is 0.308 e. The molecule has 0 aromatic carbocycles. The van der Waals surface area contributed by atoms with E-state index in [1.54, 1.807) is 6.92 Å². The lowest BCUT2D eigenvalue weighted by Crippen LogP contribution is -2.15. The number of rotatable bonds is 40. The summed E-state index contributed by atoms with van der Waals surface area (Å²) >= 11 is 0. The van der Waals surface area contributed by atoms with Gasteiger partial charge in [0.2, 0.25) is 0 Å². The van der Waals surface area contributed by atoms with Crippen LogP contribution in [0.1, 0.15) is 90.9 Å². The highest BCUT2D eigenvalue weighted by Crippen LogP contribution is 2.11. The number of esters is 1. The summed E-state index contributed by atoms with van der Waals surface area (Å²) in [5.74, 6) is -0.245. The third kappa shape index (κ3) is 41.1. The van der Waals surface area contributed by atoms with Crippen LogP contribution in [0.4, 0.5) is 0 Å². The van der Waals surface area contributed by atoms with Gasteiger partial charge in [0, 0.05) is 6.61 Å². The quantitative estimate of drug-likeness (QED) is 0.0627. The minimum atomic E-state index is -0.245. The van der Waals surface area contributed by atoms with E-state index >= 15 is 0 Å². The molecule has 0 aromatic heterocycles. The van der Waals surface area contributed by atoms with Gasteiger partial charge in [-0.2, -0.15) is 0 Å². The second kappa shape index (κ2) is 41.1. The van der Waals surface area contributed by atoms with Gasteiger partial charge in [-0.3, -0.25) is 4.79 Å². The molecule has 270 valence electrons. The third-order valence-electron chi connectivity index (χ3n) is 6.62. The van der Waals surface area contributed by atoms with Gasteiger partial charge in [-0.05, 0) is 13.3 Å². The number of ether oxygens (including phenoxy) is 10. The molecule has 0 N–H and O–H groups in total. The maximum atomic E-state index is 11.1. The predicted molar refractivity (Wildman–Crippen MR) is 175 cm³/mol. The largest absolute Gasteiger partial charge is 0.466 e. The molecular formula is C34H68O11. The average Bonchev–Trinajstić information content (AvgIpc) is 3.04.